The number of piperidine rings is 1. The van der Waals surface area contributed by atoms with E-state index in [4.69, 9.17) is 10.00 Å². The molecule has 0 aliphatic carbocycles. The van der Waals surface area contributed by atoms with Crippen LogP contribution in [0.1, 0.15) is 25.3 Å². The van der Waals surface area contributed by atoms with Crippen molar-refractivity contribution in [1.29, 1.82) is 5.26 Å². The summed E-state index contributed by atoms with van der Waals surface area (Å²) in [6.45, 7) is 8.29. The van der Waals surface area contributed by atoms with Crippen LogP contribution in [-0.2, 0) is 4.74 Å². The number of nitriles is 1. The number of anilines is 1. The molecule has 0 unspecified atom stereocenters. The third-order valence-electron chi connectivity index (χ3n) is 4.98. The van der Waals surface area contributed by atoms with Crippen molar-refractivity contribution in [1.82, 2.24) is 4.90 Å². The molecule has 2 heterocycles. The second-order valence-electron chi connectivity index (χ2n) is 6.00. The van der Waals surface area contributed by atoms with Gasteiger partial charge < -0.3 is 9.64 Å². The van der Waals surface area contributed by atoms with Crippen molar-refractivity contribution in [3.05, 3.63) is 29.8 Å². The summed E-state index contributed by atoms with van der Waals surface area (Å²) in [5.74, 6) is 0. The molecule has 0 atom stereocenters. The summed E-state index contributed by atoms with van der Waals surface area (Å²) in [7, 11) is 0. The highest BCUT2D eigenvalue weighted by atomic mass is 16.5. The predicted octanol–water partition coefficient (Wildman–Crippen LogP) is 2.25. The maximum absolute atomic E-state index is 8.88. The molecule has 1 aromatic carbocycles. The van der Waals surface area contributed by atoms with Crippen LogP contribution in [-0.4, -0.2) is 49.8 Å². The average Bonchev–Trinajstić information content (AvgIpc) is 2.56. The largest absolute Gasteiger partial charge is 0.378 e. The first-order valence-electron chi connectivity index (χ1n) is 7.85. The SMILES string of the molecule is CCN1CCOCC12CCN(c1ccc(C#N)cc1)CC2. The molecule has 3 rings (SSSR count). The first-order valence-corrected chi connectivity index (χ1v) is 7.85. The Labute approximate surface area is 126 Å². The van der Waals surface area contributed by atoms with Gasteiger partial charge in [0.15, 0.2) is 0 Å². The van der Waals surface area contributed by atoms with Gasteiger partial charge in [-0.15, -0.1) is 0 Å². The summed E-state index contributed by atoms with van der Waals surface area (Å²) in [5.41, 5.74) is 2.20. The smallest absolute Gasteiger partial charge is 0.0991 e. The van der Waals surface area contributed by atoms with Gasteiger partial charge >= 0.3 is 0 Å². The molecular formula is C17H23N3O. The van der Waals surface area contributed by atoms with E-state index in [1.54, 1.807) is 0 Å². The molecule has 4 heteroatoms. The number of likely N-dealkylation sites (N-methyl/N-ethyl adjacent to an activating group) is 1. The van der Waals surface area contributed by atoms with Gasteiger partial charge in [-0.25, -0.2) is 0 Å². The van der Waals surface area contributed by atoms with Gasteiger partial charge in [-0.1, -0.05) is 6.92 Å². The standard InChI is InChI=1S/C17H23N3O/c1-2-20-11-12-21-14-17(20)7-9-19(10-8-17)16-5-3-15(13-18)4-6-16/h3-6H,2,7-12,14H2,1H3. The highest BCUT2D eigenvalue weighted by Gasteiger charge is 2.41. The van der Waals surface area contributed by atoms with Crippen LogP contribution in [0.4, 0.5) is 5.69 Å². The number of rotatable bonds is 2. The molecule has 1 spiro atoms. The van der Waals surface area contributed by atoms with E-state index in [0.717, 1.165) is 57.8 Å². The molecule has 0 amide bonds. The van der Waals surface area contributed by atoms with Gasteiger partial charge in [0.2, 0.25) is 0 Å². The third-order valence-corrected chi connectivity index (χ3v) is 4.98. The van der Waals surface area contributed by atoms with Gasteiger partial charge in [-0.3, -0.25) is 4.90 Å². The van der Waals surface area contributed by atoms with Crippen molar-refractivity contribution in [2.24, 2.45) is 0 Å². The zero-order chi connectivity index (χ0) is 14.7. The Morgan fingerprint density at radius 1 is 1.19 bits per heavy atom. The monoisotopic (exact) mass is 285 g/mol. The van der Waals surface area contributed by atoms with Crippen LogP contribution >= 0.6 is 0 Å². The summed E-state index contributed by atoms with van der Waals surface area (Å²) in [6, 6.07) is 10.1. The van der Waals surface area contributed by atoms with E-state index in [0.29, 0.717) is 0 Å². The Hall–Kier alpha value is -1.57. The number of nitrogens with zero attached hydrogens (tertiary/aromatic N) is 3. The van der Waals surface area contributed by atoms with Gasteiger partial charge in [0.1, 0.15) is 0 Å². The fraction of sp³-hybridized carbons (Fsp3) is 0.588. The first-order chi connectivity index (χ1) is 10.3. The molecule has 21 heavy (non-hydrogen) atoms. The molecule has 0 aromatic heterocycles. The minimum atomic E-state index is 0.246. The summed E-state index contributed by atoms with van der Waals surface area (Å²) in [6.07, 6.45) is 2.31. The molecule has 2 saturated heterocycles. The fourth-order valence-electron chi connectivity index (χ4n) is 3.65. The van der Waals surface area contributed by atoms with E-state index in [2.05, 4.69) is 34.9 Å². The van der Waals surface area contributed by atoms with Gasteiger partial charge in [0.05, 0.1) is 24.8 Å². The Kier molecular flexibility index (Phi) is 4.14. The normalized spacial score (nSPS) is 22.2. The molecule has 4 nitrogen and oxygen atoms in total. The zero-order valence-electron chi connectivity index (χ0n) is 12.7. The Bertz CT molecular complexity index is 512. The molecule has 0 radical (unpaired) electrons. The lowest BCUT2D eigenvalue weighted by molar-refractivity contribution is -0.0773. The Morgan fingerprint density at radius 3 is 2.52 bits per heavy atom. The van der Waals surface area contributed by atoms with Crippen molar-refractivity contribution in [2.45, 2.75) is 25.3 Å². The summed E-state index contributed by atoms with van der Waals surface area (Å²) in [5, 5.41) is 8.88. The van der Waals surface area contributed by atoms with E-state index >= 15 is 0 Å². The maximum atomic E-state index is 8.88. The van der Waals surface area contributed by atoms with E-state index in [1.807, 2.05) is 12.1 Å². The van der Waals surface area contributed by atoms with Crippen LogP contribution in [0.2, 0.25) is 0 Å². The Balaban J connectivity index is 1.67. The van der Waals surface area contributed by atoms with Crippen LogP contribution in [0.3, 0.4) is 0 Å². The maximum Gasteiger partial charge on any atom is 0.0991 e. The highest BCUT2D eigenvalue weighted by Crippen LogP contribution is 2.33. The average molecular weight is 285 g/mol. The molecule has 2 fully saturated rings. The lowest BCUT2D eigenvalue weighted by Crippen LogP contribution is -2.61. The van der Waals surface area contributed by atoms with Gasteiger partial charge in [0, 0.05) is 30.9 Å². The summed E-state index contributed by atoms with van der Waals surface area (Å²) in [4.78, 5) is 5.03. The third kappa shape index (κ3) is 2.76. The summed E-state index contributed by atoms with van der Waals surface area (Å²) >= 11 is 0. The summed E-state index contributed by atoms with van der Waals surface area (Å²) < 4.78 is 5.77. The molecule has 1 aromatic rings. The van der Waals surface area contributed by atoms with Crippen molar-refractivity contribution in [2.75, 3.05) is 44.3 Å². The number of hydrogen-bond acceptors (Lipinski definition) is 4. The van der Waals surface area contributed by atoms with Crippen molar-refractivity contribution in [3.8, 4) is 6.07 Å². The van der Waals surface area contributed by atoms with Gasteiger partial charge in [-0.2, -0.15) is 5.26 Å². The second kappa shape index (κ2) is 6.05. The van der Waals surface area contributed by atoms with Crippen LogP contribution in [0.25, 0.3) is 0 Å². The van der Waals surface area contributed by atoms with E-state index in [9.17, 15) is 0 Å². The quantitative estimate of drug-likeness (QED) is 0.835. The highest BCUT2D eigenvalue weighted by molar-refractivity contribution is 5.50. The van der Waals surface area contributed by atoms with Crippen LogP contribution in [0.5, 0.6) is 0 Å². The van der Waals surface area contributed by atoms with Gasteiger partial charge in [0.25, 0.3) is 0 Å². The molecule has 0 saturated carbocycles. The Morgan fingerprint density at radius 2 is 1.90 bits per heavy atom. The zero-order valence-corrected chi connectivity index (χ0v) is 12.7. The lowest BCUT2D eigenvalue weighted by atomic mass is 9.85. The molecule has 2 aliphatic heterocycles. The van der Waals surface area contributed by atoms with Crippen molar-refractivity contribution in [3.63, 3.8) is 0 Å². The molecular weight excluding hydrogens is 262 g/mol. The molecule has 0 bridgehead atoms. The number of ether oxygens (including phenoxy) is 1. The first kappa shape index (κ1) is 14.4. The number of benzene rings is 1. The van der Waals surface area contributed by atoms with Crippen LogP contribution in [0, 0.1) is 11.3 Å². The van der Waals surface area contributed by atoms with E-state index in [-0.39, 0.29) is 5.54 Å². The molecule has 0 N–H and O–H groups in total. The lowest BCUT2D eigenvalue weighted by Gasteiger charge is -2.51. The minimum absolute atomic E-state index is 0.246. The fourth-order valence-corrected chi connectivity index (χ4v) is 3.65. The number of hydrogen-bond donors (Lipinski definition) is 0. The molecule has 2 aliphatic rings. The van der Waals surface area contributed by atoms with Gasteiger partial charge in [-0.05, 0) is 43.7 Å². The molecule has 112 valence electrons. The van der Waals surface area contributed by atoms with E-state index in [1.165, 1.54) is 5.69 Å². The minimum Gasteiger partial charge on any atom is -0.378 e. The topological polar surface area (TPSA) is 39.5 Å². The predicted molar refractivity (Wildman–Crippen MR) is 83.4 cm³/mol. The van der Waals surface area contributed by atoms with Crippen LogP contribution in [0.15, 0.2) is 24.3 Å². The van der Waals surface area contributed by atoms with Crippen molar-refractivity contribution < 1.29 is 4.74 Å². The van der Waals surface area contributed by atoms with Crippen molar-refractivity contribution >= 4 is 5.69 Å². The van der Waals surface area contributed by atoms with E-state index < -0.39 is 0 Å². The van der Waals surface area contributed by atoms with Crippen LogP contribution < -0.4 is 4.90 Å². The second-order valence-corrected chi connectivity index (χ2v) is 6.00. The number of morpholine rings is 1.